The standard InChI is InChI=1S/C26H22N4O2/c27-16-20-8-1-4-13-24(20)32-17-18-7-5-9-19(15-18)26(31)30-14-6-12-23(30)25-28-21-10-2-3-11-22(21)29-25/h1-5,7-11,13,15,23H,6,12,14,17H2,(H,28,29). The number of aromatic amines is 1. The molecule has 1 fully saturated rings. The van der Waals surface area contributed by atoms with Crippen LogP contribution in [0.4, 0.5) is 0 Å². The van der Waals surface area contributed by atoms with Crippen molar-refractivity contribution in [3.8, 4) is 11.8 Å². The number of imidazole rings is 1. The van der Waals surface area contributed by atoms with Crippen molar-refractivity contribution in [2.24, 2.45) is 0 Å². The Bertz CT molecular complexity index is 1290. The number of carbonyl (C=O) groups is 1. The lowest BCUT2D eigenvalue weighted by Gasteiger charge is -2.23. The van der Waals surface area contributed by atoms with Gasteiger partial charge in [0.15, 0.2) is 0 Å². The van der Waals surface area contributed by atoms with Gasteiger partial charge in [0.05, 0.1) is 22.6 Å². The SMILES string of the molecule is N#Cc1ccccc1OCc1cccc(C(=O)N2CCCC2c2nc3ccccc3[nH]2)c1. The van der Waals surface area contributed by atoms with Gasteiger partial charge in [-0.3, -0.25) is 4.79 Å². The number of aromatic nitrogens is 2. The number of carbonyl (C=O) groups excluding carboxylic acids is 1. The van der Waals surface area contributed by atoms with Crippen molar-refractivity contribution in [3.05, 3.63) is 95.3 Å². The van der Waals surface area contributed by atoms with E-state index in [9.17, 15) is 10.1 Å². The van der Waals surface area contributed by atoms with E-state index in [-0.39, 0.29) is 18.6 Å². The molecule has 32 heavy (non-hydrogen) atoms. The molecular weight excluding hydrogens is 400 g/mol. The minimum absolute atomic E-state index is 0.00719. The Hall–Kier alpha value is -4.11. The Labute approximate surface area is 186 Å². The summed E-state index contributed by atoms with van der Waals surface area (Å²) in [5, 5.41) is 9.23. The van der Waals surface area contributed by atoms with Gasteiger partial charge < -0.3 is 14.6 Å². The largest absolute Gasteiger partial charge is 0.488 e. The van der Waals surface area contributed by atoms with Crippen LogP contribution in [-0.2, 0) is 6.61 Å². The molecule has 0 saturated carbocycles. The fourth-order valence-corrected chi connectivity index (χ4v) is 4.23. The van der Waals surface area contributed by atoms with E-state index in [1.54, 1.807) is 18.2 Å². The number of nitriles is 1. The van der Waals surface area contributed by atoms with E-state index < -0.39 is 0 Å². The van der Waals surface area contributed by atoms with Crippen LogP contribution >= 0.6 is 0 Å². The van der Waals surface area contributed by atoms with Crippen molar-refractivity contribution in [1.82, 2.24) is 14.9 Å². The van der Waals surface area contributed by atoms with E-state index >= 15 is 0 Å². The third kappa shape index (κ3) is 3.81. The van der Waals surface area contributed by atoms with Gasteiger partial charge >= 0.3 is 0 Å². The topological polar surface area (TPSA) is 82.0 Å². The fraction of sp³-hybridized carbons (Fsp3) is 0.192. The summed E-state index contributed by atoms with van der Waals surface area (Å²) in [6, 6.07) is 24.6. The second kappa shape index (κ2) is 8.56. The molecule has 1 atom stereocenters. The fourth-order valence-electron chi connectivity index (χ4n) is 4.23. The summed E-state index contributed by atoms with van der Waals surface area (Å²) in [4.78, 5) is 23.4. The highest BCUT2D eigenvalue weighted by molar-refractivity contribution is 5.95. The summed E-state index contributed by atoms with van der Waals surface area (Å²) in [7, 11) is 0. The first-order chi connectivity index (χ1) is 15.7. The summed E-state index contributed by atoms with van der Waals surface area (Å²) < 4.78 is 5.84. The molecule has 1 unspecified atom stereocenters. The highest BCUT2D eigenvalue weighted by Crippen LogP contribution is 2.32. The molecule has 0 radical (unpaired) electrons. The van der Waals surface area contributed by atoms with E-state index in [1.807, 2.05) is 59.5 Å². The van der Waals surface area contributed by atoms with Crippen LogP contribution in [-0.4, -0.2) is 27.3 Å². The molecule has 1 aliphatic rings. The first-order valence-corrected chi connectivity index (χ1v) is 10.7. The zero-order valence-electron chi connectivity index (χ0n) is 17.5. The molecule has 0 aliphatic carbocycles. The number of likely N-dealkylation sites (tertiary alicyclic amines) is 1. The Morgan fingerprint density at radius 3 is 2.84 bits per heavy atom. The van der Waals surface area contributed by atoms with Crippen LogP contribution in [0.5, 0.6) is 5.75 Å². The molecule has 4 aromatic rings. The van der Waals surface area contributed by atoms with Gasteiger partial charge in [-0.2, -0.15) is 5.26 Å². The number of amides is 1. The number of hydrogen-bond acceptors (Lipinski definition) is 4. The highest BCUT2D eigenvalue weighted by atomic mass is 16.5. The molecule has 6 heteroatoms. The minimum Gasteiger partial charge on any atom is -0.488 e. The molecule has 1 aliphatic heterocycles. The lowest BCUT2D eigenvalue weighted by molar-refractivity contribution is 0.0730. The average Bonchev–Trinajstić information content (AvgIpc) is 3.49. The Morgan fingerprint density at radius 2 is 1.97 bits per heavy atom. The first kappa shape index (κ1) is 19.8. The number of fused-ring (bicyclic) bond motifs is 1. The van der Waals surface area contributed by atoms with Crippen molar-refractivity contribution in [3.63, 3.8) is 0 Å². The third-order valence-electron chi connectivity index (χ3n) is 5.81. The van der Waals surface area contributed by atoms with E-state index in [1.165, 1.54) is 0 Å². The maximum absolute atomic E-state index is 13.4. The molecule has 0 spiro atoms. The molecule has 6 nitrogen and oxygen atoms in total. The van der Waals surface area contributed by atoms with E-state index in [0.29, 0.717) is 23.4 Å². The molecule has 1 amide bonds. The van der Waals surface area contributed by atoms with Crippen LogP contribution in [0.25, 0.3) is 11.0 Å². The summed E-state index contributed by atoms with van der Waals surface area (Å²) in [6.45, 7) is 0.990. The lowest BCUT2D eigenvalue weighted by atomic mass is 10.1. The lowest BCUT2D eigenvalue weighted by Crippen LogP contribution is -2.31. The predicted molar refractivity (Wildman–Crippen MR) is 121 cm³/mol. The number of benzene rings is 3. The van der Waals surface area contributed by atoms with Crippen molar-refractivity contribution in [2.75, 3.05) is 6.54 Å². The normalized spacial score (nSPS) is 15.6. The molecular formula is C26H22N4O2. The van der Waals surface area contributed by atoms with Gasteiger partial charge in [-0.1, -0.05) is 36.4 Å². The number of H-pyrrole nitrogens is 1. The molecule has 0 bridgehead atoms. The molecule has 1 N–H and O–H groups in total. The molecule has 3 aromatic carbocycles. The van der Waals surface area contributed by atoms with Crippen molar-refractivity contribution in [2.45, 2.75) is 25.5 Å². The van der Waals surface area contributed by atoms with Crippen LogP contribution in [0.15, 0.2) is 72.8 Å². The highest BCUT2D eigenvalue weighted by Gasteiger charge is 2.32. The van der Waals surface area contributed by atoms with Crippen LogP contribution in [0.1, 0.15) is 46.2 Å². The second-order valence-corrected chi connectivity index (χ2v) is 7.89. The van der Waals surface area contributed by atoms with Crippen molar-refractivity contribution in [1.29, 1.82) is 5.26 Å². The molecule has 2 heterocycles. The van der Waals surface area contributed by atoms with Gasteiger partial charge in [0.25, 0.3) is 5.91 Å². The maximum atomic E-state index is 13.4. The molecule has 1 saturated heterocycles. The number of rotatable bonds is 5. The maximum Gasteiger partial charge on any atom is 0.254 e. The monoisotopic (exact) mass is 422 g/mol. The van der Waals surface area contributed by atoms with Crippen molar-refractivity contribution < 1.29 is 9.53 Å². The average molecular weight is 422 g/mol. The number of nitrogens with zero attached hydrogens (tertiary/aromatic N) is 3. The van der Waals surface area contributed by atoms with Crippen LogP contribution in [0.2, 0.25) is 0 Å². The number of para-hydroxylation sites is 3. The molecule has 5 rings (SSSR count). The van der Waals surface area contributed by atoms with E-state index in [4.69, 9.17) is 9.72 Å². The van der Waals surface area contributed by atoms with E-state index in [2.05, 4.69) is 11.1 Å². The smallest absolute Gasteiger partial charge is 0.254 e. The van der Waals surface area contributed by atoms with Gasteiger partial charge in [-0.15, -0.1) is 0 Å². The Morgan fingerprint density at radius 1 is 1.12 bits per heavy atom. The van der Waals surface area contributed by atoms with Gasteiger partial charge in [-0.05, 0) is 54.8 Å². The minimum atomic E-state index is -0.0580. The van der Waals surface area contributed by atoms with Crippen LogP contribution in [0, 0.1) is 11.3 Å². The number of nitrogens with one attached hydrogen (secondary N) is 1. The summed E-state index contributed by atoms with van der Waals surface area (Å²) in [5.41, 5.74) is 3.90. The van der Waals surface area contributed by atoms with Crippen LogP contribution < -0.4 is 4.74 Å². The van der Waals surface area contributed by atoms with Gasteiger partial charge in [0.2, 0.25) is 0 Å². The van der Waals surface area contributed by atoms with Gasteiger partial charge in [0, 0.05) is 12.1 Å². The van der Waals surface area contributed by atoms with Crippen molar-refractivity contribution >= 4 is 16.9 Å². The summed E-state index contributed by atoms with van der Waals surface area (Å²) >= 11 is 0. The molecule has 158 valence electrons. The van der Waals surface area contributed by atoms with Gasteiger partial charge in [-0.25, -0.2) is 4.98 Å². The zero-order chi connectivity index (χ0) is 21.9. The predicted octanol–water partition coefficient (Wildman–Crippen LogP) is 4.99. The summed E-state index contributed by atoms with van der Waals surface area (Å²) in [6.07, 6.45) is 1.83. The van der Waals surface area contributed by atoms with Gasteiger partial charge in [0.1, 0.15) is 24.3 Å². The Kier molecular flexibility index (Phi) is 5.30. The zero-order valence-corrected chi connectivity index (χ0v) is 17.5. The first-order valence-electron chi connectivity index (χ1n) is 10.7. The second-order valence-electron chi connectivity index (χ2n) is 7.89. The third-order valence-corrected chi connectivity index (χ3v) is 5.81. The van der Waals surface area contributed by atoms with E-state index in [0.717, 1.165) is 35.3 Å². The quantitative estimate of drug-likeness (QED) is 0.491. The number of hydrogen-bond donors (Lipinski definition) is 1. The van der Waals surface area contributed by atoms with Crippen LogP contribution in [0.3, 0.4) is 0 Å². The summed E-state index contributed by atoms with van der Waals surface area (Å²) in [5.74, 6) is 1.37. The Balaban J connectivity index is 1.34. The molecule has 1 aromatic heterocycles. The number of ether oxygens (including phenoxy) is 1.